The predicted molar refractivity (Wildman–Crippen MR) is 89.5 cm³/mol. The molecule has 8 heteroatoms. The van der Waals surface area contributed by atoms with Gasteiger partial charge in [-0.25, -0.2) is 4.79 Å². The van der Waals surface area contributed by atoms with Crippen molar-refractivity contribution in [3.8, 4) is 0 Å². The Labute approximate surface area is 150 Å². The van der Waals surface area contributed by atoms with Gasteiger partial charge in [-0.1, -0.05) is 26.0 Å². The number of hydrogen-bond acceptors (Lipinski definition) is 2. The second-order valence-electron chi connectivity index (χ2n) is 6.91. The SMILES string of the molecule is CC(C)C(NC(=O)N1CCCC(C(=O)O)C1)c1ccc(C(F)(F)F)cc1. The number of alkyl halides is 3. The molecule has 2 unspecified atom stereocenters. The average Bonchev–Trinajstić information content (AvgIpc) is 2.58. The molecule has 1 heterocycles. The molecule has 0 spiro atoms. The summed E-state index contributed by atoms with van der Waals surface area (Å²) in [6.45, 7) is 4.32. The summed E-state index contributed by atoms with van der Waals surface area (Å²) in [5.41, 5.74) is -0.163. The van der Waals surface area contributed by atoms with E-state index in [9.17, 15) is 22.8 Å². The molecular weight excluding hydrogens is 349 g/mol. The number of aliphatic carboxylic acids is 1. The van der Waals surface area contributed by atoms with Crippen LogP contribution in [0.1, 0.15) is 43.9 Å². The highest BCUT2D eigenvalue weighted by Crippen LogP contribution is 2.31. The lowest BCUT2D eigenvalue weighted by Gasteiger charge is -2.33. The van der Waals surface area contributed by atoms with Crippen LogP contribution in [0, 0.1) is 11.8 Å². The maximum atomic E-state index is 12.7. The molecule has 2 amide bonds. The monoisotopic (exact) mass is 372 g/mol. The fraction of sp³-hybridized carbons (Fsp3) is 0.556. The van der Waals surface area contributed by atoms with Gasteiger partial charge in [0.25, 0.3) is 0 Å². The van der Waals surface area contributed by atoms with Crippen LogP contribution in [0.3, 0.4) is 0 Å². The van der Waals surface area contributed by atoms with Gasteiger partial charge in [-0.2, -0.15) is 13.2 Å². The van der Waals surface area contributed by atoms with E-state index in [1.807, 2.05) is 13.8 Å². The Morgan fingerprint density at radius 3 is 2.35 bits per heavy atom. The van der Waals surface area contributed by atoms with Crippen LogP contribution in [0.15, 0.2) is 24.3 Å². The standard InChI is InChI=1S/C18H23F3N2O3/c1-11(2)15(12-5-7-14(8-6-12)18(19,20)21)22-17(26)23-9-3-4-13(10-23)16(24)25/h5-8,11,13,15H,3-4,9-10H2,1-2H3,(H,22,26)(H,24,25). The molecule has 0 aliphatic carbocycles. The van der Waals surface area contributed by atoms with E-state index >= 15 is 0 Å². The third-order valence-electron chi connectivity index (χ3n) is 4.60. The van der Waals surface area contributed by atoms with Crippen LogP contribution in [0.5, 0.6) is 0 Å². The number of carboxylic acids is 1. The highest BCUT2D eigenvalue weighted by Gasteiger charge is 2.32. The van der Waals surface area contributed by atoms with Crippen LogP contribution in [0.2, 0.25) is 0 Å². The van der Waals surface area contributed by atoms with E-state index in [4.69, 9.17) is 5.11 Å². The molecule has 0 aromatic heterocycles. The van der Waals surface area contributed by atoms with Gasteiger partial charge < -0.3 is 15.3 Å². The summed E-state index contributed by atoms with van der Waals surface area (Å²) in [5, 5.41) is 12.0. The number of nitrogens with one attached hydrogen (secondary N) is 1. The minimum absolute atomic E-state index is 0.0456. The number of nitrogens with zero attached hydrogens (tertiary/aromatic N) is 1. The van der Waals surface area contributed by atoms with E-state index < -0.39 is 35.7 Å². The van der Waals surface area contributed by atoms with Gasteiger partial charge in [0.05, 0.1) is 17.5 Å². The van der Waals surface area contributed by atoms with E-state index in [0.717, 1.165) is 12.1 Å². The van der Waals surface area contributed by atoms with Crippen molar-refractivity contribution in [3.63, 3.8) is 0 Å². The fourth-order valence-corrected chi connectivity index (χ4v) is 3.10. The first kappa shape index (κ1) is 20.1. The molecule has 144 valence electrons. The molecule has 0 radical (unpaired) electrons. The normalized spacial score (nSPS) is 19.3. The Bertz CT molecular complexity index is 644. The molecule has 2 rings (SSSR count). The van der Waals surface area contributed by atoms with Crippen LogP contribution in [-0.2, 0) is 11.0 Å². The molecule has 1 aliphatic rings. The molecule has 0 saturated carbocycles. The zero-order valence-corrected chi connectivity index (χ0v) is 14.7. The summed E-state index contributed by atoms with van der Waals surface area (Å²) in [5.74, 6) is -1.56. The number of likely N-dealkylation sites (tertiary alicyclic amines) is 1. The highest BCUT2D eigenvalue weighted by atomic mass is 19.4. The number of halogens is 3. The Hall–Kier alpha value is -2.25. The summed E-state index contributed by atoms with van der Waals surface area (Å²) in [6, 6.07) is 3.87. The van der Waals surface area contributed by atoms with Crippen LogP contribution in [-0.4, -0.2) is 35.1 Å². The Morgan fingerprint density at radius 1 is 1.23 bits per heavy atom. The summed E-state index contributed by atoms with van der Waals surface area (Å²) >= 11 is 0. The Morgan fingerprint density at radius 2 is 1.85 bits per heavy atom. The lowest BCUT2D eigenvalue weighted by atomic mass is 9.95. The fourth-order valence-electron chi connectivity index (χ4n) is 3.10. The molecule has 5 nitrogen and oxygen atoms in total. The topological polar surface area (TPSA) is 69.6 Å². The quantitative estimate of drug-likeness (QED) is 0.842. The maximum Gasteiger partial charge on any atom is 0.416 e. The first-order valence-electron chi connectivity index (χ1n) is 8.55. The number of rotatable bonds is 4. The molecule has 1 aromatic rings. The molecule has 26 heavy (non-hydrogen) atoms. The lowest BCUT2D eigenvalue weighted by Crippen LogP contribution is -2.48. The number of carbonyl (C=O) groups is 2. The molecule has 1 fully saturated rings. The summed E-state index contributed by atoms with van der Waals surface area (Å²) in [4.78, 5) is 25.1. The zero-order chi connectivity index (χ0) is 19.5. The van der Waals surface area contributed by atoms with E-state index in [2.05, 4.69) is 5.32 Å². The van der Waals surface area contributed by atoms with Crippen LogP contribution < -0.4 is 5.32 Å². The molecule has 1 aromatic carbocycles. The van der Waals surface area contributed by atoms with E-state index in [1.54, 1.807) is 0 Å². The second-order valence-corrected chi connectivity index (χ2v) is 6.91. The minimum Gasteiger partial charge on any atom is -0.481 e. The number of piperidine rings is 1. The van der Waals surface area contributed by atoms with Crippen molar-refractivity contribution in [2.45, 2.75) is 38.9 Å². The van der Waals surface area contributed by atoms with Gasteiger partial charge in [0.1, 0.15) is 0 Å². The van der Waals surface area contributed by atoms with Gasteiger partial charge in [0.15, 0.2) is 0 Å². The number of carbonyl (C=O) groups excluding carboxylic acids is 1. The van der Waals surface area contributed by atoms with Crippen LogP contribution >= 0.6 is 0 Å². The van der Waals surface area contributed by atoms with E-state index in [1.165, 1.54) is 17.0 Å². The van der Waals surface area contributed by atoms with Crippen molar-refractivity contribution < 1.29 is 27.9 Å². The molecule has 0 bridgehead atoms. The number of urea groups is 1. The molecule has 2 N–H and O–H groups in total. The lowest BCUT2D eigenvalue weighted by molar-refractivity contribution is -0.143. The number of amides is 2. The van der Waals surface area contributed by atoms with E-state index in [-0.39, 0.29) is 12.5 Å². The summed E-state index contributed by atoms with van der Waals surface area (Å²) in [6.07, 6.45) is -3.27. The number of carboxylic acid groups (broad SMARTS) is 1. The van der Waals surface area contributed by atoms with Gasteiger partial charge >= 0.3 is 18.2 Å². The van der Waals surface area contributed by atoms with Crippen molar-refractivity contribution in [3.05, 3.63) is 35.4 Å². The largest absolute Gasteiger partial charge is 0.481 e. The third-order valence-corrected chi connectivity index (χ3v) is 4.60. The van der Waals surface area contributed by atoms with Gasteiger partial charge in [-0.3, -0.25) is 4.79 Å². The van der Waals surface area contributed by atoms with Crippen molar-refractivity contribution >= 4 is 12.0 Å². The van der Waals surface area contributed by atoms with Gasteiger partial charge in [-0.05, 0) is 36.5 Å². The van der Waals surface area contributed by atoms with Gasteiger partial charge in [0.2, 0.25) is 0 Å². The molecular formula is C18H23F3N2O3. The highest BCUT2D eigenvalue weighted by molar-refractivity contribution is 5.77. The smallest absolute Gasteiger partial charge is 0.416 e. The van der Waals surface area contributed by atoms with Gasteiger partial charge in [-0.15, -0.1) is 0 Å². The third kappa shape index (κ3) is 4.89. The maximum absolute atomic E-state index is 12.7. The van der Waals surface area contributed by atoms with Crippen molar-refractivity contribution in [1.29, 1.82) is 0 Å². The van der Waals surface area contributed by atoms with Crippen molar-refractivity contribution in [1.82, 2.24) is 10.2 Å². The average molecular weight is 372 g/mol. The second kappa shape index (κ2) is 7.97. The molecule has 1 aliphatic heterocycles. The van der Waals surface area contributed by atoms with Crippen molar-refractivity contribution in [2.24, 2.45) is 11.8 Å². The summed E-state index contributed by atoms with van der Waals surface area (Å²) in [7, 11) is 0. The molecule has 1 saturated heterocycles. The van der Waals surface area contributed by atoms with E-state index in [0.29, 0.717) is 24.9 Å². The first-order chi connectivity index (χ1) is 12.1. The zero-order valence-electron chi connectivity index (χ0n) is 14.7. The van der Waals surface area contributed by atoms with Crippen molar-refractivity contribution in [2.75, 3.05) is 13.1 Å². The Balaban J connectivity index is 2.10. The minimum atomic E-state index is -4.41. The first-order valence-corrected chi connectivity index (χ1v) is 8.55. The van der Waals surface area contributed by atoms with Crippen LogP contribution in [0.25, 0.3) is 0 Å². The predicted octanol–water partition coefficient (Wildman–Crippen LogP) is 3.91. The number of hydrogen-bond donors (Lipinski definition) is 2. The Kier molecular flexibility index (Phi) is 6.15. The van der Waals surface area contributed by atoms with Crippen LogP contribution in [0.4, 0.5) is 18.0 Å². The molecule has 2 atom stereocenters. The summed E-state index contributed by atoms with van der Waals surface area (Å²) < 4.78 is 38.1. The number of benzene rings is 1. The van der Waals surface area contributed by atoms with Gasteiger partial charge in [0, 0.05) is 13.1 Å².